The minimum Gasteiger partial charge on any atom is -0.447 e. The number of carbonyl (C=O) groups excluding carboxylic acids is 2. The van der Waals surface area contributed by atoms with Gasteiger partial charge in [-0.15, -0.1) is 0 Å². The minimum absolute atomic E-state index is 0.0692. The quantitative estimate of drug-likeness (QED) is 0.789. The molecule has 6 nitrogen and oxygen atoms in total. The van der Waals surface area contributed by atoms with E-state index in [0.717, 1.165) is 39.0 Å². The summed E-state index contributed by atoms with van der Waals surface area (Å²) in [7, 11) is 0. The van der Waals surface area contributed by atoms with Gasteiger partial charge in [0, 0.05) is 32.7 Å². The molecule has 1 N–H and O–H groups in total. The third-order valence-corrected chi connectivity index (χ3v) is 3.54. The van der Waals surface area contributed by atoms with Crippen molar-refractivity contribution >= 4 is 12.0 Å². The normalized spacial score (nSPS) is 23.8. The first-order valence-corrected chi connectivity index (χ1v) is 7.06. The van der Waals surface area contributed by atoms with E-state index in [1.165, 1.54) is 0 Å². The lowest BCUT2D eigenvalue weighted by Crippen LogP contribution is -2.53. The highest BCUT2D eigenvalue weighted by Crippen LogP contribution is 2.21. The van der Waals surface area contributed by atoms with Crippen molar-refractivity contribution in [3.8, 4) is 0 Å². The molecule has 2 heterocycles. The largest absolute Gasteiger partial charge is 0.447 e. The summed E-state index contributed by atoms with van der Waals surface area (Å²) < 4.78 is 5.21. The van der Waals surface area contributed by atoms with Crippen LogP contribution in [0.5, 0.6) is 0 Å². The molecule has 2 aliphatic rings. The summed E-state index contributed by atoms with van der Waals surface area (Å²) in [5, 5.41) is 3.22. The van der Waals surface area contributed by atoms with Gasteiger partial charge in [0.15, 0.2) is 0 Å². The Morgan fingerprint density at radius 3 is 2.53 bits per heavy atom. The highest BCUT2D eigenvalue weighted by atomic mass is 16.6. The van der Waals surface area contributed by atoms with Gasteiger partial charge in [0.25, 0.3) is 0 Å². The average Bonchev–Trinajstić information content (AvgIpc) is 2.87. The second kappa shape index (κ2) is 6.23. The van der Waals surface area contributed by atoms with Crippen LogP contribution in [0.2, 0.25) is 0 Å². The molecule has 6 heteroatoms. The fraction of sp³-hybridized carbons (Fsp3) is 0.846. The number of piperazine rings is 1. The lowest BCUT2D eigenvalue weighted by atomic mass is 10.2. The average molecular weight is 269 g/mol. The summed E-state index contributed by atoms with van der Waals surface area (Å²) in [6.45, 7) is 7.37. The summed E-state index contributed by atoms with van der Waals surface area (Å²) >= 11 is 0. The van der Waals surface area contributed by atoms with Gasteiger partial charge in [-0.3, -0.25) is 9.69 Å². The number of likely N-dealkylation sites (tertiary alicyclic amines) is 1. The van der Waals surface area contributed by atoms with Gasteiger partial charge in [0.2, 0.25) is 5.91 Å². The molecule has 0 radical (unpaired) electrons. The van der Waals surface area contributed by atoms with E-state index in [0.29, 0.717) is 6.54 Å². The standard InChI is InChI=1S/C13H23N3O3/c1-10(2)19-13(18)16-7-3-4-11(16)12(17)15-8-5-14-6-9-15/h10-11,14H,3-9H2,1-2H3. The van der Waals surface area contributed by atoms with Crippen molar-refractivity contribution in [1.82, 2.24) is 15.1 Å². The minimum atomic E-state index is -0.360. The highest BCUT2D eigenvalue weighted by Gasteiger charge is 2.37. The predicted octanol–water partition coefficient (Wildman–Crippen LogP) is 0.428. The third kappa shape index (κ3) is 3.37. The zero-order valence-corrected chi connectivity index (χ0v) is 11.7. The smallest absolute Gasteiger partial charge is 0.410 e. The maximum absolute atomic E-state index is 12.4. The molecule has 0 aromatic carbocycles. The van der Waals surface area contributed by atoms with E-state index in [1.54, 1.807) is 4.90 Å². The first-order chi connectivity index (χ1) is 9.09. The number of carbonyl (C=O) groups is 2. The highest BCUT2D eigenvalue weighted by molar-refractivity contribution is 5.86. The van der Waals surface area contributed by atoms with E-state index in [2.05, 4.69) is 5.32 Å². The van der Waals surface area contributed by atoms with Crippen LogP contribution in [0.4, 0.5) is 4.79 Å². The molecule has 0 aromatic rings. The van der Waals surface area contributed by atoms with E-state index in [4.69, 9.17) is 4.74 Å². The number of rotatable bonds is 2. The Bertz CT molecular complexity index is 340. The molecule has 0 bridgehead atoms. The maximum atomic E-state index is 12.4. The van der Waals surface area contributed by atoms with Crippen molar-refractivity contribution in [2.24, 2.45) is 0 Å². The summed E-state index contributed by atoms with van der Waals surface area (Å²) in [6, 6.07) is -0.329. The Kier molecular flexibility index (Phi) is 4.63. The van der Waals surface area contributed by atoms with Crippen molar-refractivity contribution in [2.75, 3.05) is 32.7 Å². The predicted molar refractivity (Wildman–Crippen MR) is 70.8 cm³/mol. The molecular formula is C13H23N3O3. The molecule has 2 aliphatic heterocycles. The second-order valence-corrected chi connectivity index (χ2v) is 5.36. The van der Waals surface area contributed by atoms with Crippen LogP contribution in [0, 0.1) is 0 Å². The number of nitrogens with zero attached hydrogens (tertiary/aromatic N) is 2. The summed E-state index contributed by atoms with van der Waals surface area (Å²) in [4.78, 5) is 27.9. The molecule has 0 spiro atoms. The monoisotopic (exact) mass is 269 g/mol. The topological polar surface area (TPSA) is 61.9 Å². The van der Waals surface area contributed by atoms with E-state index in [-0.39, 0.29) is 24.1 Å². The molecule has 2 amide bonds. The van der Waals surface area contributed by atoms with Gasteiger partial charge in [-0.05, 0) is 26.7 Å². The molecule has 2 rings (SSSR count). The lowest BCUT2D eigenvalue weighted by Gasteiger charge is -2.32. The zero-order chi connectivity index (χ0) is 13.8. The van der Waals surface area contributed by atoms with Crippen molar-refractivity contribution in [2.45, 2.75) is 38.8 Å². The second-order valence-electron chi connectivity index (χ2n) is 5.36. The van der Waals surface area contributed by atoms with E-state index in [9.17, 15) is 9.59 Å². The molecule has 108 valence electrons. The van der Waals surface area contributed by atoms with E-state index in [1.807, 2.05) is 18.7 Å². The molecule has 0 aliphatic carbocycles. The van der Waals surface area contributed by atoms with Crippen LogP contribution < -0.4 is 5.32 Å². The summed E-state index contributed by atoms with van der Waals surface area (Å²) in [6.07, 6.45) is 1.11. The molecule has 2 fully saturated rings. The van der Waals surface area contributed by atoms with Crippen LogP contribution in [0.25, 0.3) is 0 Å². The van der Waals surface area contributed by atoms with Crippen molar-refractivity contribution in [1.29, 1.82) is 0 Å². The van der Waals surface area contributed by atoms with Crippen molar-refractivity contribution < 1.29 is 14.3 Å². The maximum Gasteiger partial charge on any atom is 0.410 e. The molecule has 19 heavy (non-hydrogen) atoms. The molecular weight excluding hydrogens is 246 g/mol. The third-order valence-electron chi connectivity index (χ3n) is 3.54. The molecule has 0 aromatic heterocycles. The van der Waals surface area contributed by atoms with Crippen molar-refractivity contribution in [3.05, 3.63) is 0 Å². The van der Waals surface area contributed by atoms with Gasteiger partial charge in [-0.25, -0.2) is 4.79 Å². The van der Waals surface area contributed by atoms with Crippen LogP contribution in [0.15, 0.2) is 0 Å². The SMILES string of the molecule is CC(C)OC(=O)N1CCCC1C(=O)N1CCNCC1. The van der Waals surface area contributed by atoms with Crippen LogP contribution in [-0.4, -0.2) is 66.7 Å². The van der Waals surface area contributed by atoms with Crippen LogP contribution in [0.1, 0.15) is 26.7 Å². The Labute approximate surface area is 114 Å². The van der Waals surface area contributed by atoms with Crippen molar-refractivity contribution in [3.63, 3.8) is 0 Å². The fourth-order valence-electron chi connectivity index (χ4n) is 2.61. The summed E-state index contributed by atoms with van der Waals surface area (Å²) in [5.41, 5.74) is 0. The van der Waals surface area contributed by atoms with Crippen LogP contribution >= 0.6 is 0 Å². The summed E-state index contributed by atoms with van der Waals surface area (Å²) in [5.74, 6) is 0.0692. The lowest BCUT2D eigenvalue weighted by molar-refractivity contribution is -0.136. The number of nitrogens with one attached hydrogen (secondary N) is 1. The number of hydrogen-bond donors (Lipinski definition) is 1. The molecule has 0 saturated carbocycles. The van der Waals surface area contributed by atoms with Crippen LogP contribution in [-0.2, 0) is 9.53 Å². The van der Waals surface area contributed by atoms with Gasteiger partial charge < -0.3 is 15.0 Å². The van der Waals surface area contributed by atoms with Gasteiger partial charge >= 0.3 is 6.09 Å². The Morgan fingerprint density at radius 1 is 1.21 bits per heavy atom. The van der Waals surface area contributed by atoms with Gasteiger partial charge in [-0.1, -0.05) is 0 Å². The van der Waals surface area contributed by atoms with E-state index < -0.39 is 0 Å². The van der Waals surface area contributed by atoms with Gasteiger partial charge in [-0.2, -0.15) is 0 Å². The molecule has 1 atom stereocenters. The first-order valence-electron chi connectivity index (χ1n) is 7.06. The first kappa shape index (κ1) is 14.1. The number of amides is 2. The Morgan fingerprint density at radius 2 is 1.89 bits per heavy atom. The molecule has 1 unspecified atom stereocenters. The number of hydrogen-bond acceptors (Lipinski definition) is 4. The van der Waals surface area contributed by atoms with Gasteiger partial charge in [0.1, 0.15) is 6.04 Å². The zero-order valence-electron chi connectivity index (χ0n) is 11.7. The molecule has 2 saturated heterocycles. The fourth-order valence-corrected chi connectivity index (χ4v) is 2.61. The van der Waals surface area contributed by atoms with E-state index >= 15 is 0 Å². The van der Waals surface area contributed by atoms with Gasteiger partial charge in [0.05, 0.1) is 6.10 Å². The Hall–Kier alpha value is -1.30. The Balaban J connectivity index is 1.97. The number of ether oxygens (including phenoxy) is 1. The van der Waals surface area contributed by atoms with Crippen LogP contribution in [0.3, 0.4) is 0 Å².